The molecule has 4 nitrogen and oxygen atoms in total. The minimum absolute atomic E-state index is 0.0563. The van der Waals surface area contributed by atoms with Crippen LogP contribution >= 0.6 is 11.6 Å². The zero-order valence-electron chi connectivity index (χ0n) is 8.42. The highest BCUT2D eigenvalue weighted by Gasteiger charge is 2.06. The Morgan fingerprint density at radius 3 is 2.65 bits per heavy atom. The van der Waals surface area contributed by atoms with Gasteiger partial charge >= 0.3 is 0 Å². The number of nitrogen functional groups attached to an aromatic ring is 1. The number of rotatable bonds is 2. The Kier molecular flexibility index (Phi) is 3.06. The lowest BCUT2D eigenvalue weighted by molar-refractivity contribution is 0.603. The maximum Gasteiger partial charge on any atom is 0.223 e. The van der Waals surface area contributed by atoms with E-state index < -0.39 is 11.6 Å². The van der Waals surface area contributed by atoms with Gasteiger partial charge in [-0.3, -0.25) is 0 Å². The molecule has 0 amide bonds. The third kappa shape index (κ3) is 2.79. The number of hydrogen-bond donors (Lipinski definition) is 2. The highest BCUT2D eigenvalue weighted by Crippen LogP contribution is 2.21. The lowest BCUT2D eigenvalue weighted by Gasteiger charge is -2.07. The molecule has 0 radical (unpaired) electrons. The molecule has 0 aliphatic heterocycles. The van der Waals surface area contributed by atoms with E-state index in [1.807, 2.05) is 0 Å². The highest BCUT2D eigenvalue weighted by atomic mass is 35.5. The molecular formula is C10H7ClF2N4. The Labute approximate surface area is 100 Å². The van der Waals surface area contributed by atoms with Crippen LogP contribution in [0.3, 0.4) is 0 Å². The molecule has 0 aliphatic rings. The van der Waals surface area contributed by atoms with Crippen molar-refractivity contribution in [3.8, 4) is 0 Å². The Bertz CT molecular complexity index is 542. The summed E-state index contributed by atoms with van der Waals surface area (Å²) in [6.07, 6.45) is 0. The van der Waals surface area contributed by atoms with Gasteiger partial charge in [0.25, 0.3) is 0 Å². The number of aromatic nitrogens is 2. The third-order valence-corrected chi connectivity index (χ3v) is 2.10. The fourth-order valence-electron chi connectivity index (χ4n) is 1.23. The summed E-state index contributed by atoms with van der Waals surface area (Å²) in [6, 6.07) is 4.37. The SMILES string of the molecule is Nc1nc(Cl)cc(Nc2cc(F)ccc2F)n1. The smallest absolute Gasteiger partial charge is 0.223 e. The van der Waals surface area contributed by atoms with Crippen molar-refractivity contribution >= 4 is 29.1 Å². The minimum atomic E-state index is -0.611. The lowest BCUT2D eigenvalue weighted by atomic mass is 10.3. The Balaban J connectivity index is 2.34. The van der Waals surface area contributed by atoms with Crippen LogP contribution in [-0.2, 0) is 0 Å². The summed E-state index contributed by atoms with van der Waals surface area (Å²) in [4.78, 5) is 7.42. The van der Waals surface area contributed by atoms with Gasteiger partial charge in [0, 0.05) is 12.1 Å². The van der Waals surface area contributed by atoms with Crippen molar-refractivity contribution in [3.05, 3.63) is 41.1 Å². The van der Waals surface area contributed by atoms with Crippen LogP contribution in [-0.4, -0.2) is 9.97 Å². The van der Waals surface area contributed by atoms with E-state index in [4.69, 9.17) is 17.3 Å². The molecule has 1 aromatic carbocycles. The standard InChI is InChI=1S/C10H7ClF2N4/c11-8-4-9(17-10(14)16-8)15-7-3-5(12)1-2-6(7)13/h1-4H,(H3,14,15,16,17). The van der Waals surface area contributed by atoms with E-state index in [9.17, 15) is 8.78 Å². The minimum Gasteiger partial charge on any atom is -0.368 e. The second-order valence-electron chi connectivity index (χ2n) is 3.18. The molecule has 0 saturated carbocycles. The molecule has 0 spiro atoms. The number of nitrogens with one attached hydrogen (secondary N) is 1. The zero-order chi connectivity index (χ0) is 12.4. The molecule has 0 aliphatic carbocycles. The van der Waals surface area contributed by atoms with E-state index in [-0.39, 0.29) is 22.6 Å². The van der Waals surface area contributed by atoms with Gasteiger partial charge in [-0.1, -0.05) is 11.6 Å². The largest absolute Gasteiger partial charge is 0.368 e. The molecule has 88 valence electrons. The fourth-order valence-corrected chi connectivity index (χ4v) is 1.42. The van der Waals surface area contributed by atoms with Crippen LogP contribution in [0.15, 0.2) is 24.3 Å². The van der Waals surface area contributed by atoms with Gasteiger partial charge in [0.1, 0.15) is 22.6 Å². The molecule has 1 heterocycles. The average Bonchev–Trinajstić information content (AvgIpc) is 2.22. The predicted octanol–water partition coefficient (Wildman–Crippen LogP) is 2.73. The van der Waals surface area contributed by atoms with E-state index >= 15 is 0 Å². The van der Waals surface area contributed by atoms with E-state index in [2.05, 4.69) is 15.3 Å². The number of halogens is 3. The molecule has 0 atom stereocenters. The van der Waals surface area contributed by atoms with E-state index in [0.29, 0.717) is 0 Å². The van der Waals surface area contributed by atoms with Gasteiger partial charge in [0.2, 0.25) is 5.95 Å². The zero-order valence-corrected chi connectivity index (χ0v) is 9.17. The molecular weight excluding hydrogens is 250 g/mol. The number of nitrogens with two attached hydrogens (primary N) is 1. The summed E-state index contributed by atoms with van der Waals surface area (Å²) in [5, 5.41) is 2.67. The van der Waals surface area contributed by atoms with Crippen LogP contribution in [0.1, 0.15) is 0 Å². The first-order valence-corrected chi connectivity index (χ1v) is 4.94. The first-order valence-electron chi connectivity index (χ1n) is 4.57. The first kappa shape index (κ1) is 11.5. The summed E-state index contributed by atoms with van der Waals surface area (Å²) in [6.45, 7) is 0. The van der Waals surface area contributed by atoms with Gasteiger partial charge in [-0.25, -0.2) is 13.8 Å². The Morgan fingerprint density at radius 1 is 1.18 bits per heavy atom. The van der Waals surface area contributed by atoms with Crippen LogP contribution in [0, 0.1) is 11.6 Å². The van der Waals surface area contributed by atoms with Gasteiger partial charge in [-0.05, 0) is 12.1 Å². The van der Waals surface area contributed by atoms with Gasteiger partial charge in [-0.2, -0.15) is 4.98 Å². The Morgan fingerprint density at radius 2 is 1.94 bits per heavy atom. The summed E-state index contributed by atoms with van der Waals surface area (Å²) in [5.41, 5.74) is 5.31. The number of hydrogen-bond acceptors (Lipinski definition) is 4. The maximum absolute atomic E-state index is 13.3. The van der Waals surface area contributed by atoms with Crippen molar-refractivity contribution in [1.82, 2.24) is 9.97 Å². The monoisotopic (exact) mass is 256 g/mol. The summed E-state index contributed by atoms with van der Waals surface area (Å²) < 4.78 is 26.2. The molecule has 2 aromatic rings. The number of benzene rings is 1. The first-order chi connectivity index (χ1) is 8.04. The van der Waals surface area contributed by atoms with Gasteiger partial charge in [-0.15, -0.1) is 0 Å². The maximum atomic E-state index is 13.3. The van der Waals surface area contributed by atoms with Crippen molar-refractivity contribution in [3.63, 3.8) is 0 Å². The second-order valence-corrected chi connectivity index (χ2v) is 3.57. The van der Waals surface area contributed by atoms with Crippen molar-refractivity contribution in [2.75, 3.05) is 11.1 Å². The molecule has 0 fully saturated rings. The van der Waals surface area contributed by atoms with Crippen LogP contribution < -0.4 is 11.1 Å². The predicted molar refractivity (Wildman–Crippen MR) is 61.1 cm³/mol. The van der Waals surface area contributed by atoms with E-state index in [1.165, 1.54) is 6.07 Å². The molecule has 2 rings (SSSR count). The third-order valence-electron chi connectivity index (χ3n) is 1.90. The normalized spacial score (nSPS) is 10.3. The molecule has 17 heavy (non-hydrogen) atoms. The molecule has 1 aromatic heterocycles. The van der Waals surface area contributed by atoms with Crippen molar-refractivity contribution in [2.45, 2.75) is 0 Å². The van der Waals surface area contributed by atoms with Crippen molar-refractivity contribution < 1.29 is 8.78 Å². The number of nitrogens with zero attached hydrogens (tertiary/aromatic N) is 2. The van der Waals surface area contributed by atoms with Crippen LogP contribution in [0.4, 0.5) is 26.2 Å². The molecule has 0 saturated heterocycles. The topological polar surface area (TPSA) is 63.8 Å². The van der Waals surface area contributed by atoms with Crippen molar-refractivity contribution in [2.24, 2.45) is 0 Å². The highest BCUT2D eigenvalue weighted by molar-refractivity contribution is 6.29. The number of anilines is 3. The molecule has 3 N–H and O–H groups in total. The van der Waals surface area contributed by atoms with Gasteiger partial charge in [0.05, 0.1) is 5.69 Å². The van der Waals surface area contributed by atoms with Crippen LogP contribution in [0.25, 0.3) is 0 Å². The lowest BCUT2D eigenvalue weighted by Crippen LogP contribution is -2.01. The van der Waals surface area contributed by atoms with Crippen molar-refractivity contribution in [1.29, 1.82) is 0 Å². The quantitative estimate of drug-likeness (QED) is 0.811. The summed E-state index contributed by atoms with van der Waals surface area (Å²) >= 11 is 5.65. The van der Waals surface area contributed by atoms with E-state index in [1.54, 1.807) is 0 Å². The summed E-state index contributed by atoms with van der Waals surface area (Å²) in [5.74, 6) is -1.05. The molecule has 7 heteroatoms. The Hall–Kier alpha value is -1.95. The molecule has 0 unspecified atom stereocenters. The van der Waals surface area contributed by atoms with Gasteiger partial charge in [0.15, 0.2) is 0 Å². The van der Waals surface area contributed by atoms with Crippen LogP contribution in [0.2, 0.25) is 5.15 Å². The fraction of sp³-hybridized carbons (Fsp3) is 0. The average molecular weight is 257 g/mol. The second kappa shape index (κ2) is 4.50. The van der Waals surface area contributed by atoms with Crippen LogP contribution in [0.5, 0.6) is 0 Å². The van der Waals surface area contributed by atoms with E-state index in [0.717, 1.165) is 18.2 Å². The van der Waals surface area contributed by atoms with Gasteiger partial charge < -0.3 is 11.1 Å². The molecule has 0 bridgehead atoms. The summed E-state index contributed by atoms with van der Waals surface area (Å²) in [7, 11) is 0.